The van der Waals surface area contributed by atoms with E-state index in [1.165, 1.54) is 24.1 Å². The topological polar surface area (TPSA) is 134 Å². The van der Waals surface area contributed by atoms with Gasteiger partial charge in [0.1, 0.15) is 11.6 Å². The van der Waals surface area contributed by atoms with Crippen LogP contribution in [0, 0.1) is 6.92 Å². The summed E-state index contributed by atoms with van der Waals surface area (Å²) in [6.45, 7) is 2.25. The number of hydrogen-bond donors (Lipinski definition) is 2. The van der Waals surface area contributed by atoms with E-state index in [1.54, 1.807) is 11.6 Å². The van der Waals surface area contributed by atoms with E-state index >= 15 is 0 Å². The lowest BCUT2D eigenvalue weighted by Gasteiger charge is -2.08. The Bertz CT molecular complexity index is 1320. The van der Waals surface area contributed by atoms with Crippen LogP contribution in [0.4, 0.5) is 13.2 Å². The number of nitrogens with zero attached hydrogens (tertiary/aromatic N) is 5. The minimum Gasteiger partial charge on any atom is -0.406 e. The number of benzene rings is 2. The van der Waals surface area contributed by atoms with Gasteiger partial charge < -0.3 is 15.0 Å². The fourth-order valence-corrected chi connectivity index (χ4v) is 3.71. The zero-order valence-electron chi connectivity index (χ0n) is 18.1. The molecule has 0 saturated carbocycles. The first-order valence-corrected chi connectivity index (χ1v) is 10.9. The number of amides is 1. The number of halogens is 3. The fraction of sp³-hybridized carbons (Fsp3) is 0.190. The third-order valence-electron chi connectivity index (χ3n) is 4.49. The Hall–Kier alpha value is -3.91. The molecule has 1 amide bonds. The van der Waals surface area contributed by atoms with Crippen LogP contribution in [-0.4, -0.2) is 43.7 Å². The van der Waals surface area contributed by atoms with Crippen molar-refractivity contribution in [2.45, 2.75) is 24.7 Å². The second-order valence-electron chi connectivity index (χ2n) is 7.17. The zero-order valence-corrected chi connectivity index (χ0v) is 18.9. The van der Waals surface area contributed by atoms with E-state index in [0.29, 0.717) is 17.9 Å². The number of hydrogen-bond acceptors (Lipinski definition) is 9. The second kappa shape index (κ2) is 10.1. The molecule has 3 N–H and O–H groups in total. The maximum atomic E-state index is 12.3. The number of primary amides is 1. The van der Waals surface area contributed by atoms with Crippen molar-refractivity contribution in [3.63, 3.8) is 0 Å². The van der Waals surface area contributed by atoms with E-state index in [0.717, 1.165) is 22.6 Å². The van der Waals surface area contributed by atoms with E-state index in [2.05, 4.69) is 29.7 Å². The minimum absolute atomic E-state index is 0.0537. The quantitative estimate of drug-likeness (QED) is 0.329. The molecule has 0 spiro atoms. The lowest BCUT2D eigenvalue weighted by molar-refractivity contribution is -0.274. The van der Waals surface area contributed by atoms with Crippen molar-refractivity contribution in [1.82, 2.24) is 29.6 Å². The van der Waals surface area contributed by atoms with Crippen molar-refractivity contribution in [2.75, 3.05) is 6.54 Å². The first kappa shape index (κ1) is 24.2. The van der Waals surface area contributed by atoms with Crippen LogP contribution in [0.5, 0.6) is 5.75 Å². The van der Waals surface area contributed by atoms with Gasteiger partial charge in [-0.15, -0.1) is 18.3 Å². The lowest BCUT2D eigenvalue weighted by Crippen LogP contribution is -2.23. The summed E-state index contributed by atoms with van der Waals surface area (Å²) >= 11 is 1.29. The number of nitrogens with one attached hydrogen (secondary N) is 1. The molecule has 0 saturated heterocycles. The highest BCUT2D eigenvalue weighted by molar-refractivity contribution is 7.97. The van der Waals surface area contributed by atoms with Crippen LogP contribution < -0.4 is 15.2 Å². The summed E-state index contributed by atoms with van der Waals surface area (Å²) in [6.07, 6.45) is -4.77. The Morgan fingerprint density at radius 1 is 1.17 bits per heavy atom. The maximum absolute atomic E-state index is 12.3. The van der Waals surface area contributed by atoms with Gasteiger partial charge in [-0.25, -0.2) is 9.67 Å². The average Bonchev–Trinajstić information content (AvgIpc) is 3.41. The van der Waals surface area contributed by atoms with E-state index < -0.39 is 12.3 Å². The van der Waals surface area contributed by atoms with Crippen LogP contribution >= 0.6 is 11.9 Å². The maximum Gasteiger partial charge on any atom is 0.573 e. The van der Waals surface area contributed by atoms with Crippen molar-refractivity contribution < 1.29 is 27.2 Å². The molecule has 182 valence electrons. The number of carbonyl (C=O) groups excluding carboxylic acids is 1. The summed E-state index contributed by atoms with van der Waals surface area (Å²) in [5, 5.41) is 8.29. The fourth-order valence-electron chi connectivity index (χ4n) is 2.97. The molecule has 14 heteroatoms. The minimum atomic E-state index is -4.77. The second-order valence-corrected chi connectivity index (χ2v) is 8.14. The summed E-state index contributed by atoms with van der Waals surface area (Å²) in [4.78, 5) is 20.4. The number of aryl methyl sites for hydroxylation is 1. The van der Waals surface area contributed by atoms with Gasteiger partial charge in [0.25, 0.3) is 5.89 Å². The van der Waals surface area contributed by atoms with Crippen LogP contribution in [0.25, 0.3) is 23.1 Å². The normalized spacial score (nSPS) is 11.5. The monoisotopic (exact) mass is 505 g/mol. The Morgan fingerprint density at radius 3 is 2.66 bits per heavy atom. The Morgan fingerprint density at radius 2 is 1.94 bits per heavy atom. The predicted octanol–water partition coefficient (Wildman–Crippen LogP) is 3.33. The predicted molar refractivity (Wildman–Crippen MR) is 119 cm³/mol. The Balaban J connectivity index is 1.45. The summed E-state index contributed by atoms with van der Waals surface area (Å²) in [7, 11) is 0. The molecule has 35 heavy (non-hydrogen) atoms. The average molecular weight is 505 g/mol. The highest BCUT2D eigenvalue weighted by atomic mass is 32.2. The third-order valence-corrected chi connectivity index (χ3v) is 5.27. The molecule has 0 radical (unpaired) electrons. The molecule has 0 aliphatic rings. The molecule has 4 aromatic rings. The van der Waals surface area contributed by atoms with Crippen LogP contribution in [-0.2, 0) is 11.3 Å². The number of nitrogens with two attached hydrogens (primary N) is 1. The molecule has 0 unspecified atom stereocenters. The van der Waals surface area contributed by atoms with Crippen LogP contribution in [0.2, 0.25) is 0 Å². The molecular formula is C21H18F3N7O3S. The third kappa shape index (κ3) is 6.58. The zero-order chi connectivity index (χ0) is 25.0. The first-order valence-electron chi connectivity index (χ1n) is 10.0. The van der Waals surface area contributed by atoms with Gasteiger partial charge in [-0.3, -0.25) is 9.52 Å². The van der Waals surface area contributed by atoms with Crippen LogP contribution in [0.15, 0.2) is 57.9 Å². The number of ether oxygens (including phenoxy) is 1. The molecule has 10 nitrogen and oxygen atoms in total. The van der Waals surface area contributed by atoms with Gasteiger partial charge in [0.2, 0.25) is 17.6 Å². The summed E-state index contributed by atoms with van der Waals surface area (Å²) in [5.74, 6) is 0.256. The number of carbonyl (C=O) groups is 1. The number of rotatable bonds is 9. The molecule has 0 bridgehead atoms. The van der Waals surface area contributed by atoms with Gasteiger partial charge in [0.15, 0.2) is 0 Å². The SMILES string of the molecule is Cc1nc(-c2nc(-c3ccc(OC(F)(F)F)cc3)no2)nn1Cc1cccc(SNCC(N)=O)c1. The summed E-state index contributed by atoms with van der Waals surface area (Å²) in [6, 6.07) is 12.7. The van der Waals surface area contributed by atoms with E-state index in [1.807, 2.05) is 24.3 Å². The van der Waals surface area contributed by atoms with Crippen molar-refractivity contribution in [3.8, 4) is 28.9 Å². The van der Waals surface area contributed by atoms with Crippen molar-refractivity contribution in [1.29, 1.82) is 0 Å². The highest BCUT2D eigenvalue weighted by Crippen LogP contribution is 2.26. The smallest absolute Gasteiger partial charge is 0.406 e. The Labute approximate surface area is 200 Å². The van der Waals surface area contributed by atoms with Crippen LogP contribution in [0.3, 0.4) is 0 Å². The largest absolute Gasteiger partial charge is 0.573 e. The molecule has 0 aliphatic carbocycles. The molecular weight excluding hydrogens is 487 g/mol. The van der Waals surface area contributed by atoms with Gasteiger partial charge in [-0.2, -0.15) is 4.98 Å². The first-order chi connectivity index (χ1) is 16.7. The van der Waals surface area contributed by atoms with Crippen LogP contribution in [0.1, 0.15) is 11.4 Å². The molecule has 2 aromatic carbocycles. The van der Waals surface area contributed by atoms with Crippen molar-refractivity contribution >= 4 is 17.9 Å². The number of aromatic nitrogens is 5. The highest BCUT2D eigenvalue weighted by Gasteiger charge is 2.31. The molecule has 0 aliphatic heterocycles. The lowest BCUT2D eigenvalue weighted by atomic mass is 10.2. The van der Waals surface area contributed by atoms with Gasteiger partial charge >= 0.3 is 6.36 Å². The molecule has 4 rings (SSSR count). The molecule has 0 atom stereocenters. The van der Waals surface area contributed by atoms with E-state index in [4.69, 9.17) is 10.3 Å². The summed E-state index contributed by atoms with van der Waals surface area (Å²) in [5.41, 5.74) is 6.51. The van der Waals surface area contributed by atoms with Crippen molar-refractivity contribution in [3.05, 3.63) is 59.9 Å². The van der Waals surface area contributed by atoms with Gasteiger partial charge in [-0.1, -0.05) is 17.3 Å². The van der Waals surface area contributed by atoms with E-state index in [-0.39, 0.29) is 29.8 Å². The van der Waals surface area contributed by atoms with Gasteiger partial charge in [0, 0.05) is 10.5 Å². The van der Waals surface area contributed by atoms with Crippen molar-refractivity contribution in [2.24, 2.45) is 5.73 Å². The standard InChI is InChI=1S/C21H18F3N7O3S/c1-12-27-19(29-31(12)11-13-3-2-4-16(9-13)35-26-10-17(25)32)20-28-18(30-34-20)14-5-7-15(8-6-14)33-21(22,23)24/h2-9,26H,10-11H2,1H3,(H2,25,32). The molecule has 2 aromatic heterocycles. The molecule has 2 heterocycles. The van der Waals surface area contributed by atoms with Gasteiger partial charge in [0.05, 0.1) is 13.1 Å². The number of alkyl halides is 3. The Kier molecular flexibility index (Phi) is 7.02. The van der Waals surface area contributed by atoms with E-state index in [9.17, 15) is 18.0 Å². The van der Waals surface area contributed by atoms with Gasteiger partial charge in [-0.05, 0) is 60.8 Å². The summed E-state index contributed by atoms with van der Waals surface area (Å²) < 4.78 is 50.6. The molecule has 0 fully saturated rings.